The Morgan fingerprint density at radius 1 is 1.20 bits per heavy atom. The average Bonchev–Trinajstić information content (AvgIpc) is 2.50. The van der Waals surface area contributed by atoms with Crippen LogP contribution in [0.25, 0.3) is 0 Å². The quantitative estimate of drug-likeness (QED) is 0.808. The lowest BCUT2D eigenvalue weighted by Crippen LogP contribution is -2.40. The van der Waals surface area contributed by atoms with E-state index in [4.69, 9.17) is 0 Å². The van der Waals surface area contributed by atoms with Crippen molar-refractivity contribution < 1.29 is 22.4 Å². The molecule has 1 aromatic heterocycles. The summed E-state index contributed by atoms with van der Waals surface area (Å²) in [7, 11) is 0. The van der Waals surface area contributed by atoms with Crippen molar-refractivity contribution in [2.75, 3.05) is 5.32 Å². The third kappa shape index (κ3) is 4.07. The molecule has 1 saturated carbocycles. The highest BCUT2D eigenvalue weighted by atomic mass is 19.4. The fraction of sp³-hybridized carbons (Fsp3) is 0.294. The lowest BCUT2D eigenvalue weighted by atomic mass is 9.93. The molecule has 8 heteroatoms. The molecule has 1 aromatic carbocycles. The summed E-state index contributed by atoms with van der Waals surface area (Å²) in [4.78, 5) is 16.0. The van der Waals surface area contributed by atoms with Crippen molar-refractivity contribution >= 4 is 17.4 Å². The van der Waals surface area contributed by atoms with E-state index in [-0.39, 0.29) is 17.5 Å². The number of carbonyl (C=O) groups is 1. The van der Waals surface area contributed by atoms with Gasteiger partial charge in [-0.2, -0.15) is 13.2 Å². The first-order chi connectivity index (χ1) is 11.8. The first-order valence-electron chi connectivity index (χ1n) is 7.73. The van der Waals surface area contributed by atoms with Gasteiger partial charge in [0.1, 0.15) is 11.6 Å². The number of hydrogen-bond donors (Lipinski definition) is 2. The molecule has 0 unspecified atom stereocenters. The van der Waals surface area contributed by atoms with E-state index in [1.807, 2.05) is 0 Å². The van der Waals surface area contributed by atoms with Crippen molar-refractivity contribution in [3.05, 3.63) is 53.5 Å². The molecular formula is C17H15F4N3O. The monoisotopic (exact) mass is 353 g/mol. The van der Waals surface area contributed by atoms with Crippen molar-refractivity contribution in [2.45, 2.75) is 31.5 Å². The molecule has 1 amide bonds. The van der Waals surface area contributed by atoms with Gasteiger partial charge in [-0.15, -0.1) is 0 Å². The Kier molecular flexibility index (Phi) is 4.61. The number of amides is 1. The highest BCUT2D eigenvalue weighted by molar-refractivity contribution is 5.96. The van der Waals surface area contributed by atoms with Crippen LogP contribution in [0.3, 0.4) is 0 Å². The molecule has 0 saturated heterocycles. The van der Waals surface area contributed by atoms with Gasteiger partial charge in [0.05, 0.1) is 11.1 Å². The molecule has 0 radical (unpaired) electrons. The first-order valence-corrected chi connectivity index (χ1v) is 7.73. The smallest absolute Gasteiger partial charge is 0.349 e. The molecule has 1 aliphatic carbocycles. The number of anilines is 2. The molecule has 4 nitrogen and oxygen atoms in total. The third-order valence-electron chi connectivity index (χ3n) is 3.99. The number of halogens is 4. The fourth-order valence-electron chi connectivity index (χ4n) is 2.47. The van der Waals surface area contributed by atoms with Crippen molar-refractivity contribution in [1.29, 1.82) is 0 Å². The summed E-state index contributed by atoms with van der Waals surface area (Å²) >= 11 is 0. The van der Waals surface area contributed by atoms with E-state index in [1.54, 1.807) is 0 Å². The van der Waals surface area contributed by atoms with Crippen LogP contribution in [0.4, 0.5) is 29.1 Å². The lowest BCUT2D eigenvalue weighted by Gasteiger charge is -2.26. The summed E-state index contributed by atoms with van der Waals surface area (Å²) in [6.45, 7) is 0. The minimum atomic E-state index is -4.71. The summed E-state index contributed by atoms with van der Waals surface area (Å²) < 4.78 is 53.2. The lowest BCUT2D eigenvalue weighted by molar-refractivity contribution is -0.138. The topological polar surface area (TPSA) is 54.0 Å². The Bertz CT molecular complexity index is 788. The SMILES string of the molecule is O=C(NC1CCC1)c1cnc(Nc2cccc(F)c2)cc1C(F)(F)F. The maximum absolute atomic E-state index is 13.3. The van der Waals surface area contributed by atoms with Gasteiger partial charge in [-0.3, -0.25) is 4.79 Å². The van der Waals surface area contributed by atoms with Crippen molar-refractivity contribution in [3.63, 3.8) is 0 Å². The van der Waals surface area contributed by atoms with Gasteiger partial charge in [0.15, 0.2) is 0 Å². The maximum atomic E-state index is 13.3. The summed E-state index contributed by atoms with van der Waals surface area (Å²) in [6.07, 6.45) is -1.35. The Hall–Kier alpha value is -2.64. The largest absolute Gasteiger partial charge is 0.417 e. The minimum absolute atomic E-state index is 0.0846. The van der Waals surface area contributed by atoms with Crippen LogP contribution in [0.1, 0.15) is 35.2 Å². The van der Waals surface area contributed by atoms with E-state index in [0.717, 1.165) is 37.6 Å². The number of nitrogens with zero attached hydrogens (tertiary/aromatic N) is 1. The zero-order valence-corrected chi connectivity index (χ0v) is 13.0. The van der Waals surface area contributed by atoms with Crippen LogP contribution in [-0.4, -0.2) is 16.9 Å². The zero-order chi connectivity index (χ0) is 18.0. The number of hydrogen-bond acceptors (Lipinski definition) is 3. The molecule has 0 spiro atoms. The van der Waals surface area contributed by atoms with Gasteiger partial charge in [0.25, 0.3) is 5.91 Å². The number of rotatable bonds is 4. The number of nitrogens with one attached hydrogen (secondary N) is 2. The molecule has 1 fully saturated rings. The highest BCUT2D eigenvalue weighted by Gasteiger charge is 2.36. The van der Waals surface area contributed by atoms with Crippen LogP contribution < -0.4 is 10.6 Å². The molecule has 3 rings (SSSR count). The van der Waals surface area contributed by atoms with Crippen molar-refractivity contribution in [3.8, 4) is 0 Å². The van der Waals surface area contributed by atoms with E-state index >= 15 is 0 Å². The minimum Gasteiger partial charge on any atom is -0.349 e. The standard InChI is InChI=1S/C17H15F4N3O/c18-10-3-1-6-12(7-10)23-15-8-14(17(19,20)21)13(9-22-15)16(25)24-11-4-2-5-11/h1,3,6-9,11H,2,4-5H2,(H,22,23)(H,24,25). The first kappa shape index (κ1) is 17.2. The average molecular weight is 353 g/mol. The third-order valence-corrected chi connectivity index (χ3v) is 3.99. The number of pyridine rings is 1. The zero-order valence-electron chi connectivity index (χ0n) is 13.0. The summed E-state index contributed by atoms with van der Waals surface area (Å²) in [5.74, 6) is -1.45. The summed E-state index contributed by atoms with van der Waals surface area (Å²) in [5, 5.41) is 5.18. The van der Waals surface area contributed by atoms with Gasteiger partial charge in [0, 0.05) is 17.9 Å². The normalized spacial score (nSPS) is 14.7. The second kappa shape index (κ2) is 6.70. The van der Waals surface area contributed by atoms with Crippen LogP contribution in [0.5, 0.6) is 0 Å². The van der Waals surface area contributed by atoms with Gasteiger partial charge < -0.3 is 10.6 Å². The molecule has 0 aliphatic heterocycles. The molecular weight excluding hydrogens is 338 g/mol. The molecule has 0 bridgehead atoms. The van der Waals surface area contributed by atoms with E-state index in [1.165, 1.54) is 18.2 Å². The maximum Gasteiger partial charge on any atom is 0.417 e. The molecule has 2 N–H and O–H groups in total. The molecule has 132 valence electrons. The van der Waals surface area contributed by atoms with E-state index < -0.39 is 29.0 Å². The van der Waals surface area contributed by atoms with Gasteiger partial charge in [-0.1, -0.05) is 6.07 Å². The van der Waals surface area contributed by atoms with Crippen molar-refractivity contribution in [2.24, 2.45) is 0 Å². The predicted molar refractivity (Wildman–Crippen MR) is 84.0 cm³/mol. The fourth-order valence-corrected chi connectivity index (χ4v) is 2.47. The second-order valence-electron chi connectivity index (χ2n) is 5.85. The van der Waals surface area contributed by atoms with Crippen molar-refractivity contribution in [1.82, 2.24) is 10.3 Å². The number of benzene rings is 1. The van der Waals surface area contributed by atoms with Gasteiger partial charge in [-0.05, 0) is 43.5 Å². The Balaban J connectivity index is 1.88. The highest BCUT2D eigenvalue weighted by Crippen LogP contribution is 2.34. The van der Waals surface area contributed by atoms with Gasteiger partial charge in [-0.25, -0.2) is 9.37 Å². The van der Waals surface area contributed by atoms with E-state index in [0.29, 0.717) is 0 Å². The van der Waals surface area contributed by atoms with E-state index in [9.17, 15) is 22.4 Å². The predicted octanol–water partition coefficient (Wildman–Crippen LogP) is 4.27. The Morgan fingerprint density at radius 3 is 2.56 bits per heavy atom. The molecule has 1 aliphatic rings. The summed E-state index contributed by atoms with van der Waals surface area (Å²) in [5.41, 5.74) is -1.35. The van der Waals surface area contributed by atoms with E-state index in [2.05, 4.69) is 15.6 Å². The summed E-state index contributed by atoms with van der Waals surface area (Å²) in [6, 6.07) is 5.93. The van der Waals surface area contributed by atoms with Crippen LogP contribution in [0.15, 0.2) is 36.5 Å². The van der Waals surface area contributed by atoms with Crippen LogP contribution >= 0.6 is 0 Å². The van der Waals surface area contributed by atoms with Crippen LogP contribution in [0, 0.1) is 5.82 Å². The Labute approximate surface area is 141 Å². The molecule has 1 heterocycles. The Morgan fingerprint density at radius 2 is 1.96 bits per heavy atom. The number of alkyl halides is 3. The van der Waals surface area contributed by atoms with Crippen LogP contribution in [-0.2, 0) is 6.18 Å². The second-order valence-corrected chi connectivity index (χ2v) is 5.85. The van der Waals surface area contributed by atoms with Crippen LogP contribution in [0.2, 0.25) is 0 Å². The van der Waals surface area contributed by atoms with Gasteiger partial charge in [0.2, 0.25) is 0 Å². The molecule has 0 atom stereocenters. The molecule has 2 aromatic rings. The molecule has 25 heavy (non-hydrogen) atoms. The van der Waals surface area contributed by atoms with Gasteiger partial charge >= 0.3 is 6.18 Å². The number of aromatic nitrogens is 1. The number of carbonyl (C=O) groups excluding carboxylic acids is 1.